The number of carbonyl (C=O) groups excluding carboxylic acids is 1. The van der Waals surface area contributed by atoms with Crippen molar-refractivity contribution in [2.45, 2.75) is 19.6 Å². The number of aliphatic hydroxyl groups is 1. The van der Waals surface area contributed by atoms with Crippen LogP contribution in [0.1, 0.15) is 34.5 Å². The number of aromatic hydroxyl groups is 1. The lowest BCUT2D eigenvalue weighted by Crippen LogP contribution is -2.33. The fraction of sp³-hybridized carbons (Fsp3) is 0.278. The number of amides is 1. The van der Waals surface area contributed by atoms with Gasteiger partial charge in [0.15, 0.2) is 0 Å². The first-order valence-corrected chi connectivity index (χ1v) is 7.61. The van der Waals surface area contributed by atoms with Crippen molar-refractivity contribution in [1.29, 1.82) is 0 Å². The van der Waals surface area contributed by atoms with E-state index in [9.17, 15) is 9.90 Å². The van der Waals surface area contributed by atoms with Gasteiger partial charge in [0.05, 0.1) is 12.2 Å². The highest BCUT2D eigenvalue weighted by atomic mass is 16.3. The molecule has 0 radical (unpaired) electrons. The molecule has 0 saturated carbocycles. The summed E-state index contributed by atoms with van der Waals surface area (Å²) < 4.78 is 0. The van der Waals surface area contributed by atoms with E-state index in [1.807, 2.05) is 31.2 Å². The molecule has 2 aromatic rings. The molecule has 0 aliphatic rings. The smallest absolute Gasteiger partial charge is 0.255 e. The van der Waals surface area contributed by atoms with Crippen molar-refractivity contribution in [2.24, 2.45) is 0 Å². The van der Waals surface area contributed by atoms with Crippen LogP contribution in [0, 0.1) is 0 Å². The fourth-order valence-corrected chi connectivity index (χ4v) is 2.30. The van der Waals surface area contributed by atoms with Gasteiger partial charge in [-0.25, -0.2) is 0 Å². The summed E-state index contributed by atoms with van der Waals surface area (Å²) in [6, 6.07) is 14.3. The molecule has 2 aromatic carbocycles. The molecule has 23 heavy (non-hydrogen) atoms. The maximum atomic E-state index is 11.9. The van der Waals surface area contributed by atoms with Gasteiger partial charge < -0.3 is 20.8 Å². The Morgan fingerprint density at radius 2 is 1.91 bits per heavy atom. The van der Waals surface area contributed by atoms with Gasteiger partial charge in [0.25, 0.3) is 5.91 Å². The van der Waals surface area contributed by atoms with Crippen LogP contribution in [-0.4, -0.2) is 29.2 Å². The SMILES string of the molecule is CC(NCCNC(=O)c1ccccc1O)c1cccc(CO)c1. The maximum absolute atomic E-state index is 11.9. The molecule has 0 aliphatic heterocycles. The Morgan fingerprint density at radius 3 is 2.65 bits per heavy atom. The zero-order valence-corrected chi connectivity index (χ0v) is 13.1. The summed E-state index contributed by atoms with van der Waals surface area (Å²) in [5, 5.41) is 24.9. The molecule has 0 fully saturated rings. The van der Waals surface area contributed by atoms with E-state index in [-0.39, 0.29) is 29.9 Å². The molecule has 2 rings (SSSR count). The minimum atomic E-state index is -0.292. The number of hydrogen-bond donors (Lipinski definition) is 4. The third kappa shape index (κ3) is 4.81. The molecule has 0 bridgehead atoms. The second kappa shape index (κ2) is 8.31. The average molecular weight is 314 g/mol. The lowest BCUT2D eigenvalue weighted by Gasteiger charge is -2.15. The fourth-order valence-electron chi connectivity index (χ4n) is 2.30. The van der Waals surface area contributed by atoms with Gasteiger partial charge in [0.1, 0.15) is 5.75 Å². The van der Waals surface area contributed by atoms with E-state index in [0.29, 0.717) is 13.1 Å². The van der Waals surface area contributed by atoms with Gasteiger partial charge in [-0.1, -0.05) is 36.4 Å². The van der Waals surface area contributed by atoms with Crippen LogP contribution in [-0.2, 0) is 6.61 Å². The van der Waals surface area contributed by atoms with Crippen molar-refractivity contribution in [1.82, 2.24) is 10.6 Å². The molecule has 122 valence electrons. The molecule has 0 aromatic heterocycles. The third-order valence-corrected chi connectivity index (χ3v) is 3.64. The maximum Gasteiger partial charge on any atom is 0.255 e. The second-order valence-corrected chi connectivity index (χ2v) is 5.35. The van der Waals surface area contributed by atoms with E-state index < -0.39 is 0 Å². The number of nitrogens with one attached hydrogen (secondary N) is 2. The van der Waals surface area contributed by atoms with E-state index in [1.165, 1.54) is 6.07 Å². The Morgan fingerprint density at radius 1 is 1.13 bits per heavy atom. The largest absolute Gasteiger partial charge is 0.507 e. The molecule has 0 spiro atoms. The summed E-state index contributed by atoms with van der Waals surface area (Å²) in [6.07, 6.45) is 0. The highest BCUT2D eigenvalue weighted by Crippen LogP contribution is 2.15. The Hall–Kier alpha value is -2.37. The average Bonchev–Trinajstić information content (AvgIpc) is 2.58. The van der Waals surface area contributed by atoms with Crippen LogP contribution in [0.3, 0.4) is 0 Å². The Labute approximate surface area is 136 Å². The standard InChI is InChI=1S/C18H22N2O3/c1-13(15-6-4-5-14(11-15)12-21)19-9-10-20-18(23)16-7-2-3-8-17(16)22/h2-8,11,13,19,21-22H,9-10,12H2,1H3,(H,20,23). The number of para-hydroxylation sites is 1. The minimum Gasteiger partial charge on any atom is -0.507 e. The van der Waals surface area contributed by atoms with Crippen molar-refractivity contribution in [3.05, 3.63) is 65.2 Å². The van der Waals surface area contributed by atoms with Gasteiger partial charge >= 0.3 is 0 Å². The summed E-state index contributed by atoms with van der Waals surface area (Å²) in [5.41, 5.74) is 2.24. The molecule has 0 heterocycles. The van der Waals surface area contributed by atoms with Crippen LogP contribution in [0.4, 0.5) is 0 Å². The molecule has 1 atom stereocenters. The van der Waals surface area contributed by atoms with E-state index in [0.717, 1.165) is 11.1 Å². The van der Waals surface area contributed by atoms with Crippen LogP contribution in [0.2, 0.25) is 0 Å². The lowest BCUT2D eigenvalue weighted by atomic mass is 10.1. The normalized spacial score (nSPS) is 11.9. The quantitative estimate of drug-likeness (QED) is 0.589. The van der Waals surface area contributed by atoms with Crippen molar-refractivity contribution < 1.29 is 15.0 Å². The summed E-state index contributed by atoms with van der Waals surface area (Å²) in [5.74, 6) is -0.313. The van der Waals surface area contributed by atoms with Crippen LogP contribution in [0.5, 0.6) is 5.75 Å². The predicted molar refractivity (Wildman–Crippen MR) is 89.2 cm³/mol. The van der Waals surface area contributed by atoms with E-state index in [2.05, 4.69) is 10.6 Å². The number of phenols is 1. The number of rotatable bonds is 7. The van der Waals surface area contributed by atoms with Crippen LogP contribution < -0.4 is 10.6 Å². The van der Waals surface area contributed by atoms with Gasteiger partial charge in [-0.3, -0.25) is 4.79 Å². The van der Waals surface area contributed by atoms with Crippen LogP contribution in [0.25, 0.3) is 0 Å². The zero-order valence-electron chi connectivity index (χ0n) is 13.1. The highest BCUT2D eigenvalue weighted by Gasteiger charge is 2.10. The molecule has 0 aliphatic carbocycles. The molecule has 5 nitrogen and oxygen atoms in total. The van der Waals surface area contributed by atoms with Gasteiger partial charge in [-0.2, -0.15) is 0 Å². The van der Waals surface area contributed by atoms with Gasteiger partial charge in [0, 0.05) is 19.1 Å². The predicted octanol–water partition coefficient (Wildman–Crippen LogP) is 1.97. The highest BCUT2D eigenvalue weighted by molar-refractivity contribution is 5.96. The summed E-state index contributed by atoms with van der Waals surface area (Å²) in [4.78, 5) is 11.9. The number of aliphatic hydroxyl groups excluding tert-OH is 1. The van der Waals surface area contributed by atoms with Crippen molar-refractivity contribution in [3.63, 3.8) is 0 Å². The van der Waals surface area contributed by atoms with E-state index in [1.54, 1.807) is 18.2 Å². The van der Waals surface area contributed by atoms with E-state index >= 15 is 0 Å². The van der Waals surface area contributed by atoms with Crippen LogP contribution in [0.15, 0.2) is 48.5 Å². The molecule has 4 N–H and O–H groups in total. The van der Waals surface area contributed by atoms with Gasteiger partial charge in [-0.05, 0) is 30.2 Å². The Kier molecular flexibility index (Phi) is 6.14. The van der Waals surface area contributed by atoms with Crippen molar-refractivity contribution in [3.8, 4) is 5.75 Å². The monoisotopic (exact) mass is 314 g/mol. The minimum absolute atomic E-state index is 0.0212. The third-order valence-electron chi connectivity index (χ3n) is 3.64. The van der Waals surface area contributed by atoms with Crippen molar-refractivity contribution in [2.75, 3.05) is 13.1 Å². The molecular formula is C18H22N2O3. The van der Waals surface area contributed by atoms with Gasteiger partial charge in [0.2, 0.25) is 0 Å². The van der Waals surface area contributed by atoms with Crippen LogP contribution >= 0.6 is 0 Å². The molecule has 0 saturated heterocycles. The number of benzene rings is 2. The second-order valence-electron chi connectivity index (χ2n) is 5.35. The van der Waals surface area contributed by atoms with Gasteiger partial charge in [-0.15, -0.1) is 0 Å². The Bertz CT molecular complexity index is 658. The first kappa shape index (κ1) is 17.0. The number of hydrogen-bond acceptors (Lipinski definition) is 4. The molecule has 1 amide bonds. The lowest BCUT2D eigenvalue weighted by molar-refractivity contribution is 0.0951. The summed E-state index contributed by atoms with van der Waals surface area (Å²) in [6.45, 7) is 3.11. The molecular weight excluding hydrogens is 292 g/mol. The zero-order chi connectivity index (χ0) is 16.7. The molecule has 5 heteroatoms. The molecule has 1 unspecified atom stereocenters. The summed E-state index contributed by atoms with van der Waals surface area (Å²) in [7, 11) is 0. The first-order chi connectivity index (χ1) is 11.1. The summed E-state index contributed by atoms with van der Waals surface area (Å²) >= 11 is 0. The number of carbonyl (C=O) groups is 1. The topological polar surface area (TPSA) is 81.6 Å². The number of phenolic OH excluding ortho intramolecular Hbond substituents is 1. The van der Waals surface area contributed by atoms with E-state index in [4.69, 9.17) is 5.11 Å². The first-order valence-electron chi connectivity index (χ1n) is 7.61. The van der Waals surface area contributed by atoms with Crippen molar-refractivity contribution >= 4 is 5.91 Å². The Balaban J connectivity index is 1.78.